The number of methoxy groups -OCH3 is 1. The Bertz CT molecular complexity index is 1040. The summed E-state index contributed by atoms with van der Waals surface area (Å²) in [5.74, 6) is -0.640. The molecule has 2 aromatic rings. The van der Waals surface area contributed by atoms with Crippen LogP contribution in [-0.4, -0.2) is 56.6 Å². The minimum absolute atomic E-state index is 0.0235. The summed E-state index contributed by atoms with van der Waals surface area (Å²) < 4.78 is 42.6. The van der Waals surface area contributed by atoms with Crippen molar-refractivity contribution in [1.82, 2.24) is 9.46 Å². The van der Waals surface area contributed by atoms with Crippen molar-refractivity contribution in [2.75, 3.05) is 32.1 Å². The van der Waals surface area contributed by atoms with Crippen LogP contribution in [0.4, 0.5) is 5.82 Å². The maximum Gasteiger partial charge on any atom is 0.342 e. The molecule has 1 aromatic heterocycles. The fraction of sp³-hybridized carbons (Fsp3) is 0.450. The fourth-order valence-corrected chi connectivity index (χ4v) is 4.80. The van der Waals surface area contributed by atoms with Gasteiger partial charge in [0.05, 0.1) is 12.0 Å². The Kier molecular flexibility index (Phi) is 7.29. The van der Waals surface area contributed by atoms with Crippen LogP contribution in [0.15, 0.2) is 33.7 Å². The molecule has 0 aliphatic carbocycles. The van der Waals surface area contributed by atoms with Gasteiger partial charge in [-0.15, -0.1) is 0 Å². The molecule has 1 N–H and O–H groups in total. The minimum atomic E-state index is -3.76. The van der Waals surface area contributed by atoms with Gasteiger partial charge in [0, 0.05) is 19.2 Å². The Morgan fingerprint density at radius 3 is 2.48 bits per heavy atom. The van der Waals surface area contributed by atoms with Crippen LogP contribution in [0.2, 0.25) is 0 Å². The molecule has 11 heteroatoms. The van der Waals surface area contributed by atoms with Crippen LogP contribution in [-0.2, 0) is 19.6 Å². The van der Waals surface area contributed by atoms with Crippen molar-refractivity contribution in [2.45, 2.75) is 37.5 Å². The van der Waals surface area contributed by atoms with Crippen LogP contribution < -0.4 is 10.1 Å². The second-order valence-corrected chi connectivity index (χ2v) is 9.07. The number of anilines is 1. The number of benzene rings is 1. The molecule has 0 unspecified atom stereocenters. The molecule has 1 amide bonds. The summed E-state index contributed by atoms with van der Waals surface area (Å²) in [6.45, 7) is 1.96. The number of nitrogens with zero attached hydrogens (tertiary/aromatic N) is 2. The minimum Gasteiger partial charge on any atom is -0.496 e. The number of hydrogen-bond acceptors (Lipinski definition) is 8. The third kappa shape index (κ3) is 5.61. The molecule has 1 saturated heterocycles. The van der Waals surface area contributed by atoms with Crippen molar-refractivity contribution >= 4 is 27.7 Å². The number of ether oxygens (including phenoxy) is 2. The zero-order valence-electron chi connectivity index (χ0n) is 17.4. The third-order valence-corrected chi connectivity index (χ3v) is 6.72. The number of aromatic nitrogens is 1. The number of esters is 1. The third-order valence-electron chi connectivity index (χ3n) is 4.82. The largest absolute Gasteiger partial charge is 0.496 e. The van der Waals surface area contributed by atoms with Gasteiger partial charge >= 0.3 is 5.97 Å². The van der Waals surface area contributed by atoms with E-state index < -0.39 is 28.5 Å². The number of carbonyl (C=O) groups excluding carboxylic acids is 2. The van der Waals surface area contributed by atoms with E-state index in [0.29, 0.717) is 18.8 Å². The Morgan fingerprint density at radius 2 is 1.87 bits per heavy atom. The summed E-state index contributed by atoms with van der Waals surface area (Å²) in [6, 6.07) is 5.54. The van der Waals surface area contributed by atoms with Crippen molar-refractivity contribution in [3.8, 4) is 5.75 Å². The molecule has 0 atom stereocenters. The summed E-state index contributed by atoms with van der Waals surface area (Å²) >= 11 is 0. The fourth-order valence-electron chi connectivity index (χ4n) is 3.25. The van der Waals surface area contributed by atoms with E-state index in [4.69, 9.17) is 14.0 Å². The number of nitrogens with one attached hydrogen (secondary N) is 1. The summed E-state index contributed by atoms with van der Waals surface area (Å²) in [5, 5.41) is 6.05. The van der Waals surface area contributed by atoms with E-state index in [1.807, 2.05) is 0 Å². The highest BCUT2D eigenvalue weighted by molar-refractivity contribution is 7.89. The van der Waals surface area contributed by atoms with Crippen LogP contribution in [0.3, 0.4) is 0 Å². The van der Waals surface area contributed by atoms with Gasteiger partial charge in [0.2, 0.25) is 10.0 Å². The zero-order valence-corrected chi connectivity index (χ0v) is 18.2. The zero-order chi connectivity index (χ0) is 22.4. The van der Waals surface area contributed by atoms with Gasteiger partial charge in [0.25, 0.3) is 5.91 Å². The second kappa shape index (κ2) is 9.92. The van der Waals surface area contributed by atoms with Crippen molar-refractivity contribution in [1.29, 1.82) is 0 Å². The highest BCUT2D eigenvalue weighted by atomic mass is 32.2. The van der Waals surface area contributed by atoms with Crippen molar-refractivity contribution in [3.63, 3.8) is 0 Å². The van der Waals surface area contributed by atoms with Crippen LogP contribution in [0.5, 0.6) is 5.75 Å². The predicted octanol–water partition coefficient (Wildman–Crippen LogP) is 2.35. The number of carbonyl (C=O) groups is 2. The molecular weight excluding hydrogens is 426 g/mol. The van der Waals surface area contributed by atoms with Crippen LogP contribution in [0.25, 0.3) is 0 Å². The Labute approximate surface area is 180 Å². The summed E-state index contributed by atoms with van der Waals surface area (Å²) in [6.07, 6.45) is 3.57. The SMILES string of the molecule is COc1ccc(S(=O)(=O)N2CCCCCC2)cc1C(=O)OCC(=O)Nc1cc(C)on1. The molecule has 0 bridgehead atoms. The molecule has 2 heterocycles. The van der Waals surface area contributed by atoms with Gasteiger partial charge in [0.1, 0.15) is 17.1 Å². The van der Waals surface area contributed by atoms with E-state index in [0.717, 1.165) is 25.7 Å². The normalized spacial score (nSPS) is 15.2. The Hall–Kier alpha value is -2.92. The Morgan fingerprint density at radius 1 is 1.16 bits per heavy atom. The van der Waals surface area contributed by atoms with E-state index in [2.05, 4.69) is 10.5 Å². The summed E-state index contributed by atoms with van der Waals surface area (Å²) in [5.41, 5.74) is -0.0801. The molecule has 0 spiro atoms. The molecule has 168 valence electrons. The second-order valence-electron chi connectivity index (χ2n) is 7.13. The van der Waals surface area contributed by atoms with Crippen molar-refractivity contribution < 1.29 is 32.0 Å². The molecule has 1 aromatic carbocycles. The van der Waals surface area contributed by atoms with Gasteiger partial charge < -0.3 is 19.3 Å². The van der Waals surface area contributed by atoms with Gasteiger partial charge in [-0.3, -0.25) is 4.79 Å². The summed E-state index contributed by atoms with van der Waals surface area (Å²) in [4.78, 5) is 24.5. The van der Waals surface area contributed by atoms with Crippen molar-refractivity contribution in [3.05, 3.63) is 35.6 Å². The summed E-state index contributed by atoms with van der Waals surface area (Å²) in [7, 11) is -2.41. The molecule has 1 fully saturated rings. The number of sulfonamides is 1. The number of aryl methyl sites for hydroxylation is 1. The van der Waals surface area contributed by atoms with E-state index in [1.54, 1.807) is 6.92 Å². The molecular formula is C20H25N3O7S. The lowest BCUT2D eigenvalue weighted by atomic mass is 10.2. The number of hydrogen-bond donors (Lipinski definition) is 1. The van der Waals surface area contributed by atoms with Crippen LogP contribution in [0.1, 0.15) is 41.8 Å². The quantitative estimate of drug-likeness (QED) is 0.636. The molecule has 10 nitrogen and oxygen atoms in total. The van der Waals surface area contributed by atoms with Gasteiger partial charge in [-0.1, -0.05) is 18.0 Å². The van der Waals surface area contributed by atoms with Crippen LogP contribution >= 0.6 is 0 Å². The first-order valence-electron chi connectivity index (χ1n) is 9.90. The first-order valence-corrected chi connectivity index (χ1v) is 11.3. The molecule has 0 saturated carbocycles. The lowest BCUT2D eigenvalue weighted by molar-refractivity contribution is -0.119. The predicted molar refractivity (Wildman–Crippen MR) is 110 cm³/mol. The number of amides is 1. The maximum atomic E-state index is 13.0. The van der Waals surface area contributed by atoms with Gasteiger partial charge in [0.15, 0.2) is 12.4 Å². The number of rotatable bonds is 7. The van der Waals surface area contributed by atoms with E-state index in [-0.39, 0.29) is 22.0 Å². The molecule has 0 radical (unpaired) electrons. The monoisotopic (exact) mass is 451 g/mol. The standard InChI is InChI=1S/C20H25N3O7S/c1-14-11-18(22-30-14)21-19(24)13-29-20(25)16-12-15(7-8-17(16)28-2)31(26,27)23-9-5-3-4-6-10-23/h7-8,11-12H,3-6,9-10,13H2,1-2H3,(H,21,22,24). The first kappa shape index (κ1) is 22.8. The molecule has 1 aliphatic rings. The first-order chi connectivity index (χ1) is 14.8. The van der Waals surface area contributed by atoms with Gasteiger partial charge in [-0.25, -0.2) is 13.2 Å². The van der Waals surface area contributed by atoms with E-state index >= 15 is 0 Å². The maximum absolute atomic E-state index is 13.0. The Balaban J connectivity index is 1.73. The lowest BCUT2D eigenvalue weighted by Crippen LogP contribution is -2.32. The van der Waals surface area contributed by atoms with Gasteiger partial charge in [-0.05, 0) is 38.0 Å². The van der Waals surface area contributed by atoms with Gasteiger partial charge in [-0.2, -0.15) is 4.31 Å². The smallest absolute Gasteiger partial charge is 0.342 e. The molecule has 31 heavy (non-hydrogen) atoms. The van der Waals surface area contributed by atoms with Crippen LogP contribution in [0, 0.1) is 6.92 Å². The molecule has 3 rings (SSSR count). The molecule has 1 aliphatic heterocycles. The average molecular weight is 452 g/mol. The van der Waals surface area contributed by atoms with Crippen molar-refractivity contribution in [2.24, 2.45) is 0 Å². The van der Waals surface area contributed by atoms with E-state index in [9.17, 15) is 18.0 Å². The van der Waals surface area contributed by atoms with E-state index in [1.165, 1.54) is 35.7 Å². The highest BCUT2D eigenvalue weighted by Gasteiger charge is 2.27. The topological polar surface area (TPSA) is 128 Å². The highest BCUT2D eigenvalue weighted by Crippen LogP contribution is 2.26. The lowest BCUT2D eigenvalue weighted by Gasteiger charge is -2.20. The average Bonchev–Trinajstić information content (AvgIpc) is 2.98.